The topological polar surface area (TPSA) is 110 Å². The smallest absolute Gasteiger partial charge is 0.491 e. The van der Waals surface area contributed by atoms with Gasteiger partial charge in [0.05, 0.1) is 17.7 Å². The minimum absolute atomic E-state index is 0.0256. The molecule has 1 saturated carbocycles. The SMILES string of the molecule is Cc1ccc(NC(=O)C2(c3ccc4c(c3)OC(F)(F)O4)CC2)nc1-c1ccc(OCC(O)CO)cc1. The number of halogens is 2. The number of nitrogens with one attached hydrogen (secondary N) is 1. The van der Waals surface area contributed by atoms with E-state index in [1.807, 2.05) is 25.1 Å². The quantitative estimate of drug-likeness (QED) is 0.434. The van der Waals surface area contributed by atoms with Crippen molar-refractivity contribution in [2.45, 2.75) is 37.6 Å². The molecular formula is C26H24F2N2O6. The standard InChI is InChI=1S/C26H24F2N2O6/c1-15-2-9-22(29-23(15)16-3-6-19(7-4-16)34-14-18(32)13-31)30-24(33)25(10-11-25)17-5-8-20-21(12-17)36-26(27,28)35-20/h2-9,12,18,31-32H,10-11,13-14H2,1H3,(H,29,30,33). The van der Waals surface area contributed by atoms with Crippen LogP contribution in [0.2, 0.25) is 0 Å². The summed E-state index contributed by atoms with van der Waals surface area (Å²) < 4.78 is 41.2. The summed E-state index contributed by atoms with van der Waals surface area (Å²) in [4.78, 5) is 17.8. The fraction of sp³-hybridized carbons (Fsp3) is 0.308. The van der Waals surface area contributed by atoms with E-state index in [-0.39, 0.29) is 30.6 Å². The summed E-state index contributed by atoms with van der Waals surface area (Å²) in [7, 11) is 0. The summed E-state index contributed by atoms with van der Waals surface area (Å²) in [6.45, 7) is 1.49. The van der Waals surface area contributed by atoms with E-state index >= 15 is 0 Å². The van der Waals surface area contributed by atoms with Gasteiger partial charge in [-0.05, 0) is 73.4 Å². The molecule has 2 heterocycles. The van der Waals surface area contributed by atoms with E-state index in [0.717, 1.165) is 11.1 Å². The van der Waals surface area contributed by atoms with Gasteiger partial charge in [-0.25, -0.2) is 4.98 Å². The van der Waals surface area contributed by atoms with Crippen molar-refractivity contribution in [1.82, 2.24) is 4.98 Å². The van der Waals surface area contributed by atoms with E-state index in [1.54, 1.807) is 24.3 Å². The number of alkyl halides is 2. The number of fused-ring (bicyclic) bond motifs is 1. The average Bonchev–Trinajstić information content (AvgIpc) is 3.61. The Bertz CT molecular complexity index is 1290. The van der Waals surface area contributed by atoms with Crippen molar-refractivity contribution in [3.05, 3.63) is 65.7 Å². The van der Waals surface area contributed by atoms with Gasteiger partial charge in [0.2, 0.25) is 5.91 Å². The molecule has 1 aromatic heterocycles. The van der Waals surface area contributed by atoms with Gasteiger partial charge in [0.15, 0.2) is 11.5 Å². The number of ether oxygens (including phenoxy) is 3. The Morgan fingerprint density at radius 1 is 1.11 bits per heavy atom. The first-order valence-electron chi connectivity index (χ1n) is 11.4. The Hall–Kier alpha value is -3.76. The molecule has 1 fully saturated rings. The lowest BCUT2D eigenvalue weighted by Crippen LogP contribution is -2.28. The summed E-state index contributed by atoms with van der Waals surface area (Å²) in [5.41, 5.74) is 2.10. The lowest BCUT2D eigenvalue weighted by molar-refractivity contribution is -0.286. The van der Waals surface area contributed by atoms with Crippen LogP contribution >= 0.6 is 0 Å². The molecule has 3 aromatic rings. The molecule has 0 spiro atoms. The van der Waals surface area contributed by atoms with E-state index < -0.39 is 17.8 Å². The second kappa shape index (κ2) is 9.03. The van der Waals surface area contributed by atoms with Crippen molar-refractivity contribution in [3.8, 4) is 28.5 Å². The van der Waals surface area contributed by atoms with Crippen LogP contribution in [0.5, 0.6) is 17.2 Å². The normalized spacial score (nSPS) is 17.4. The average molecular weight is 498 g/mol. The van der Waals surface area contributed by atoms with Gasteiger partial charge in [-0.15, -0.1) is 8.78 Å². The first-order chi connectivity index (χ1) is 17.2. The summed E-state index contributed by atoms with van der Waals surface area (Å²) in [6.07, 6.45) is -3.53. The number of aryl methyl sites for hydroxylation is 1. The molecule has 3 N–H and O–H groups in total. The highest BCUT2D eigenvalue weighted by Gasteiger charge is 2.53. The Kier molecular flexibility index (Phi) is 6.01. The van der Waals surface area contributed by atoms with E-state index in [4.69, 9.17) is 9.84 Å². The predicted octanol–water partition coefficient (Wildman–Crippen LogP) is 3.78. The molecule has 1 unspecified atom stereocenters. The number of carbonyl (C=O) groups is 1. The highest BCUT2D eigenvalue weighted by molar-refractivity contribution is 6.01. The van der Waals surface area contributed by atoms with Crippen LogP contribution < -0.4 is 19.5 Å². The molecule has 1 aliphatic heterocycles. The number of carbonyl (C=O) groups excluding carboxylic acids is 1. The molecule has 2 aliphatic rings. The zero-order chi connectivity index (χ0) is 25.5. The molecule has 5 rings (SSSR count). The second-order valence-corrected chi connectivity index (χ2v) is 8.90. The Balaban J connectivity index is 1.31. The summed E-state index contributed by atoms with van der Waals surface area (Å²) in [5, 5.41) is 21.2. The van der Waals surface area contributed by atoms with E-state index in [0.29, 0.717) is 35.7 Å². The monoisotopic (exact) mass is 498 g/mol. The number of nitrogens with zero attached hydrogens (tertiary/aromatic N) is 1. The van der Waals surface area contributed by atoms with Crippen LogP contribution in [0.15, 0.2) is 54.6 Å². The summed E-state index contributed by atoms with van der Waals surface area (Å²) >= 11 is 0. The minimum Gasteiger partial charge on any atom is -0.491 e. The lowest BCUT2D eigenvalue weighted by atomic mass is 9.94. The molecule has 1 atom stereocenters. The Morgan fingerprint density at radius 3 is 2.53 bits per heavy atom. The number of pyridine rings is 1. The predicted molar refractivity (Wildman–Crippen MR) is 125 cm³/mol. The molecule has 10 heteroatoms. The molecule has 2 aromatic carbocycles. The number of rotatable bonds is 8. The van der Waals surface area contributed by atoms with E-state index in [9.17, 15) is 18.7 Å². The first kappa shape index (κ1) is 24.0. The minimum atomic E-state index is -3.72. The first-order valence-corrected chi connectivity index (χ1v) is 11.4. The number of benzene rings is 2. The highest BCUT2D eigenvalue weighted by Crippen LogP contribution is 2.52. The number of anilines is 1. The number of hydrogen-bond acceptors (Lipinski definition) is 7. The zero-order valence-corrected chi connectivity index (χ0v) is 19.3. The maximum absolute atomic E-state index is 13.4. The van der Waals surface area contributed by atoms with E-state index in [1.165, 1.54) is 12.1 Å². The Morgan fingerprint density at radius 2 is 1.83 bits per heavy atom. The largest absolute Gasteiger partial charge is 0.586 e. The molecule has 188 valence electrons. The van der Waals surface area contributed by atoms with Crippen molar-refractivity contribution in [2.75, 3.05) is 18.5 Å². The zero-order valence-electron chi connectivity index (χ0n) is 19.3. The van der Waals surface area contributed by atoms with Gasteiger partial charge in [0, 0.05) is 5.56 Å². The third-order valence-electron chi connectivity index (χ3n) is 6.26. The van der Waals surface area contributed by atoms with Crippen LogP contribution in [0.25, 0.3) is 11.3 Å². The van der Waals surface area contributed by atoms with Gasteiger partial charge in [-0.3, -0.25) is 4.79 Å². The van der Waals surface area contributed by atoms with Crippen LogP contribution in [0, 0.1) is 6.92 Å². The van der Waals surface area contributed by atoms with Gasteiger partial charge < -0.3 is 29.7 Å². The van der Waals surface area contributed by atoms with Gasteiger partial charge >= 0.3 is 6.29 Å². The van der Waals surface area contributed by atoms with Gasteiger partial charge in [0.1, 0.15) is 24.3 Å². The van der Waals surface area contributed by atoms with Gasteiger partial charge in [0.25, 0.3) is 0 Å². The summed E-state index contributed by atoms with van der Waals surface area (Å²) in [6, 6.07) is 15.1. The maximum atomic E-state index is 13.4. The molecule has 1 amide bonds. The van der Waals surface area contributed by atoms with Crippen molar-refractivity contribution in [2.24, 2.45) is 0 Å². The Labute approximate surface area is 205 Å². The van der Waals surface area contributed by atoms with Crippen LogP contribution in [0.1, 0.15) is 24.0 Å². The van der Waals surface area contributed by atoms with Crippen LogP contribution in [0.3, 0.4) is 0 Å². The fourth-order valence-electron chi connectivity index (χ4n) is 4.10. The molecule has 0 bridgehead atoms. The van der Waals surface area contributed by atoms with Crippen LogP contribution in [-0.4, -0.2) is 46.7 Å². The molecule has 8 nitrogen and oxygen atoms in total. The van der Waals surface area contributed by atoms with Crippen molar-refractivity contribution in [1.29, 1.82) is 0 Å². The second-order valence-electron chi connectivity index (χ2n) is 8.90. The maximum Gasteiger partial charge on any atom is 0.586 e. The van der Waals surface area contributed by atoms with Crippen LogP contribution in [-0.2, 0) is 10.2 Å². The van der Waals surface area contributed by atoms with Crippen LogP contribution in [0.4, 0.5) is 14.6 Å². The van der Waals surface area contributed by atoms with Crippen molar-refractivity contribution >= 4 is 11.7 Å². The number of amides is 1. The van der Waals surface area contributed by atoms with Crippen molar-refractivity contribution in [3.63, 3.8) is 0 Å². The number of aliphatic hydroxyl groups excluding tert-OH is 2. The molecule has 0 saturated heterocycles. The van der Waals surface area contributed by atoms with Gasteiger partial charge in [-0.1, -0.05) is 12.1 Å². The molecular weight excluding hydrogens is 474 g/mol. The fourth-order valence-corrected chi connectivity index (χ4v) is 4.10. The highest BCUT2D eigenvalue weighted by atomic mass is 19.3. The number of aromatic nitrogens is 1. The molecule has 36 heavy (non-hydrogen) atoms. The van der Waals surface area contributed by atoms with E-state index in [2.05, 4.69) is 19.8 Å². The third kappa shape index (κ3) is 4.69. The molecule has 0 radical (unpaired) electrons. The number of aliphatic hydroxyl groups is 2. The van der Waals surface area contributed by atoms with Crippen molar-refractivity contribution < 1.29 is 38.0 Å². The lowest BCUT2D eigenvalue weighted by Gasteiger charge is -2.17. The van der Waals surface area contributed by atoms with Gasteiger partial charge in [-0.2, -0.15) is 0 Å². The summed E-state index contributed by atoms with van der Waals surface area (Å²) in [5.74, 6) is 0.467. The number of hydrogen-bond donors (Lipinski definition) is 3. The third-order valence-corrected chi connectivity index (χ3v) is 6.26. The molecule has 1 aliphatic carbocycles.